The third kappa shape index (κ3) is 5.39. The van der Waals surface area contributed by atoms with E-state index in [2.05, 4.69) is 45.0 Å². The monoisotopic (exact) mass is 816 g/mol. The number of carbonyl (C=O) groups excluding carboxylic acids is 4. The standard InChI is InChI=1S/C55H60O6/c1-31-49-36(25-48(59)51(31)61-32(2)45-20-21-46-43-17-10-35-24-40(58)16-19-41(35)42(43)22-23-52(45,46)3)11-18-44-47-26-39-27-55(39,60-5)53(47,4)30-54(50(44)49,37-12-6-33(28-56)7-13-37)38-14-8-34(29-57)9-15-38/h6-9,12-15,24-25,28-29,32,39,43-47,51H,1,10-11,16-23,26-27,30H2,2-5H3/t32?,39-,43?,44+,45?,46?,47+,51?,52-,53+,55-/m1/s1. The molecule has 9 aliphatic rings. The van der Waals surface area contributed by atoms with Gasteiger partial charge in [-0.15, -0.1) is 0 Å². The van der Waals surface area contributed by atoms with E-state index in [4.69, 9.17) is 16.1 Å². The molecule has 2 aromatic carbocycles. The lowest BCUT2D eigenvalue weighted by Crippen LogP contribution is -2.55. The van der Waals surface area contributed by atoms with Crippen molar-refractivity contribution in [3.8, 4) is 0 Å². The summed E-state index contributed by atoms with van der Waals surface area (Å²) < 4.78 is 13.8. The van der Waals surface area contributed by atoms with Crippen LogP contribution < -0.4 is 0 Å². The van der Waals surface area contributed by atoms with Gasteiger partial charge in [0.25, 0.3) is 0 Å². The summed E-state index contributed by atoms with van der Waals surface area (Å²) in [6.07, 6.45) is 17.7. The van der Waals surface area contributed by atoms with Crippen LogP contribution in [0.1, 0.15) is 136 Å². The summed E-state index contributed by atoms with van der Waals surface area (Å²) in [5, 5.41) is 0. The molecule has 11 atom stereocenters. The quantitative estimate of drug-likeness (QED) is 0.247. The molecular formula is C55H60O6. The lowest BCUT2D eigenvalue weighted by molar-refractivity contribution is -0.131. The van der Waals surface area contributed by atoms with Crippen molar-refractivity contribution in [1.29, 1.82) is 0 Å². The first kappa shape index (κ1) is 39.6. The molecule has 11 rings (SSSR count). The largest absolute Gasteiger partial charge is 0.377 e. The Kier molecular flexibility index (Phi) is 9.00. The average Bonchev–Trinajstić information content (AvgIpc) is 3.81. The van der Waals surface area contributed by atoms with Gasteiger partial charge in [-0.2, -0.15) is 0 Å². The highest BCUT2D eigenvalue weighted by Crippen LogP contribution is 2.78. The smallest absolute Gasteiger partial charge is 0.189 e. The van der Waals surface area contributed by atoms with Gasteiger partial charge in [-0.05, 0) is 182 Å². The van der Waals surface area contributed by atoms with Crippen LogP contribution in [0.4, 0.5) is 0 Å². The first-order valence-electron chi connectivity index (χ1n) is 23.4. The number of carbonyl (C=O) groups is 4. The third-order valence-electron chi connectivity index (χ3n) is 19.0. The zero-order chi connectivity index (χ0) is 42.2. The molecule has 6 nitrogen and oxygen atoms in total. The lowest BCUT2D eigenvalue weighted by atomic mass is 9.44. The molecule has 6 heteroatoms. The van der Waals surface area contributed by atoms with E-state index in [9.17, 15) is 19.2 Å². The Bertz CT molecular complexity index is 2350. The van der Waals surface area contributed by atoms with Crippen molar-refractivity contribution in [3.63, 3.8) is 0 Å². The Morgan fingerprint density at radius 1 is 0.787 bits per heavy atom. The van der Waals surface area contributed by atoms with Gasteiger partial charge in [0.2, 0.25) is 0 Å². The van der Waals surface area contributed by atoms with E-state index in [1.807, 2.05) is 43.5 Å². The van der Waals surface area contributed by atoms with Crippen LogP contribution in [0.3, 0.4) is 0 Å². The van der Waals surface area contributed by atoms with Gasteiger partial charge in [0.05, 0.1) is 11.7 Å². The second-order valence-corrected chi connectivity index (χ2v) is 21.1. The van der Waals surface area contributed by atoms with Crippen molar-refractivity contribution in [2.24, 2.45) is 46.3 Å². The van der Waals surface area contributed by atoms with Crippen molar-refractivity contribution in [1.82, 2.24) is 0 Å². The van der Waals surface area contributed by atoms with Crippen LogP contribution in [-0.2, 0) is 24.5 Å². The van der Waals surface area contributed by atoms with Crippen LogP contribution in [0.25, 0.3) is 0 Å². The maximum Gasteiger partial charge on any atom is 0.189 e. The Morgan fingerprint density at radius 3 is 2.13 bits per heavy atom. The Morgan fingerprint density at radius 2 is 1.46 bits per heavy atom. The molecule has 0 aromatic heterocycles. The molecule has 0 saturated heterocycles. The zero-order valence-electron chi connectivity index (χ0n) is 36.4. The first-order valence-corrected chi connectivity index (χ1v) is 23.4. The molecule has 0 bridgehead atoms. The number of fused-ring (bicyclic) bond motifs is 10. The molecule has 0 N–H and O–H groups in total. The van der Waals surface area contributed by atoms with Crippen molar-refractivity contribution >= 4 is 24.1 Å². The predicted octanol–water partition coefficient (Wildman–Crippen LogP) is 10.8. The number of rotatable bonds is 8. The lowest BCUT2D eigenvalue weighted by Gasteiger charge is -2.59. The Labute approximate surface area is 361 Å². The maximum atomic E-state index is 14.5. The van der Waals surface area contributed by atoms with Crippen molar-refractivity contribution in [2.45, 2.75) is 127 Å². The van der Waals surface area contributed by atoms with Gasteiger partial charge in [0, 0.05) is 35.5 Å². The Balaban J connectivity index is 1.000. The summed E-state index contributed by atoms with van der Waals surface area (Å²) in [5.74, 6) is 2.91. The van der Waals surface area contributed by atoms with Crippen LogP contribution >= 0.6 is 0 Å². The SMILES string of the molecule is C=C1C2=C3[C@@H](CCC2=CC(=O)C1OC(C)C1CCC2C4CCC5=CC(=O)CCC5=C4CC[C@]12C)[C@@H]1C[C@@H]2C[C@]2(OC)[C@@]1(C)CC3(c1ccc(C=O)cc1)c1ccc(C=O)cc1. The highest BCUT2D eigenvalue weighted by molar-refractivity contribution is 6.01. The molecule has 61 heavy (non-hydrogen) atoms. The van der Waals surface area contributed by atoms with E-state index in [0.29, 0.717) is 47.1 Å². The topological polar surface area (TPSA) is 86.7 Å². The van der Waals surface area contributed by atoms with Crippen LogP contribution in [0.5, 0.6) is 0 Å². The number of benzene rings is 2. The van der Waals surface area contributed by atoms with E-state index in [0.717, 1.165) is 111 Å². The molecule has 0 radical (unpaired) electrons. The molecule has 316 valence electrons. The normalized spacial score (nSPS) is 38.5. The molecule has 9 aliphatic carbocycles. The zero-order valence-corrected chi connectivity index (χ0v) is 36.4. The fourth-order valence-corrected chi connectivity index (χ4v) is 16.3. The second kappa shape index (κ2) is 13.9. The molecule has 0 aliphatic heterocycles. The molecule has 5 fully saturated rings. The second-order valence-electron chi connectivity index (χ2n) is 21.1. The van der Waals surface area contributed by atoms with Crippen LogP contribution in [-0.4, -0.2) is 49.1 Å². The highest BCUT2D eigenvalue weighted by atomic mass is 16.5. The summed E-state index contributed by atoms with van der Waals surface area (Å²) in [6, 6.07) is 16.3. The summed E-state index contributed by atoms with van der Waals surface area (Å²) in [6.45, 7) is 12.1. The number of hydrogen-bond acceptors (Lipinski definition) is 6. The van der Waals surface area contributed by atoms with Gasteiger partial charge in [-0.3, -0.25) is 19.2 Å². The van der Waals surface area contributed by atoms with E-state index in [-0.39, 0.29) is 40.0 Å². The summed E-state index contributed by atoms with van der Waals surface area (Å²) >= 11 is 0. The van der Waals surface area contributed by atoms with Gasteiger partial charge in [-0.1, -0.05) is 74.5 Å². The van der Waals surface area contributed by atoms with Crippen molar-refractivity contribution in [2.75, 3.05) is 7.11 Å². The molecule has 5 saturated carbocycles. The summed E-state index contributed by atoms with van der Waals surface area (Å²) in [4.78, 5) is 50.9. The Hall–Kier alpha value is -4.26. The molecule has 0 amide bonds. The number of aldehydes is 2. The van der Waals surface area contributed by atoms with Gasteiger partial charge in [-0.25, -0.2) is 0 Å². The third-order valence-corrected chi connectivity index (χ3v) is 19.0. The molecule has 5 unspecified atom stereocenters. The number of hydrogen-bond donors (Lipinski definition) is 0. The molecule has 2 aromatic rings. The van der Waals surface area contributed by atoms with E-state index >= 15 is 0 Å². The fraction of sp³-hybridized carbons (Fsp3) is 0.527. The fourth-order valence-electron chi connectivity index (χ4n) is 16.3. The molecule has 0 heterocycles. The van der Waals surface area contributed by atoms with Crippen molar-refractivity contribution in [3.05, 3.63) is 129 Å². The van der Waals surface area contributed by atoms with Crippen LogP contribution in [0, 0.1) is 46.3 Å². The van der Waals surface area contributed by atoms with Gasteiger partial charge >= 0.3 is 0 Å². The maximum absolute atomic E-state index is 14.5. The van der Waals surface area contributed by atoms with Crippen molar-refractivity contribution < 1.29 is 28.7 Å². The summed E-state index contributed by atoms with van der Waals surface area (Å²) in [7, 11) is 1.90. The summed E-state index contributed by atoms with van der Waals surface area (Å²) in [5.41, 5.74) is 11.4. The number of ether oxygens (including phenoxy) is 2. The van der Waals surface area contributed by atoms with Crippen LogP contribution in [0.15, 0.2) is 106 Å². The minimum atomic E-state index is -0.769. The minimum absolute atomic E-state index is 0.000762. The van der Waals surface area contributed by atoms with E-state index in [1.54, 1.807) is 5.57 Å². The number of methoxy groups -OCH3 is 1. The predicted molar refractivity (Wildman–Crippen MR) is 235 cm³/mol. The molecule has 0 spiro atoms. The number of ketones is 2. The minimum Gasteiger partial charge on any atom is -0.377 e. The van der Waals surface area contributed by atoms with Gasteiger partial charge in [0.1, 0.15) is 18.7 Å². The number of allylic oxidation sites excluding steroid dienone is 6. The van der Waals surface area contributed by atoms with Crippen LogP contribution in [0.2, 0.25) is 0 Å². The first-order chi connectivity index (χ1) is 29.4. The molecular weight excluding hydrogens is 757 g/mol. The van der Waals surface area contributed by atoms with Gasteiger partial charge in [0.15, 0.2) is 11.6 Å². The average molecular weight is 817 g/mol. The highest BCUT2D eigenvalue weighted by Gasteiger charge is 2.77. The van der Waals surface area contributed by atoms with Gasteiger partial charge < -0.3 is 9.47 Å². The van der Waals surface area contributed by atoms with E-state index in [1.165, 1.54) is 23.1 Å². The van der Waals surface area contributed by atoms with E-state index < -0.39 is 11.5 Å².